The van der Waals surface area contributed by atoms with Crippen LogP contribution in [0.1, 0.15) is 5.56 Å². The number of nitrogens with zero attached hydrogens (tertiary/aromatic N) is 2. The zero-order chi connectivity index (χ0) is 10.2. The van der Waals surface area contributed by atoms with Crippen molar-refractivity contribution in [2.45, 2.75) is 6.18 Å². The summed E-state index contributed by atoms with van der Waals surface area (Å²) in [4.78, 5) is 7.28. The molecule has 5 heteroatoms. The first-order chi connectivity index (χ1) is 6.59. The SMILES string of the molecule is FC(F)(F)c1cccc2n[c]cnc12. The molecule has 1 radical (unpaired) electrons. The molecule has 0 bridgehead atoms. The minimum absolute atomic E-state index is 0.140. The van der Waals surface area contributed by atoms with Gasteiger partial charge in [0, 0.05) is 0 Å². The molecule has 0 aliphatic carbocycles. The van der Waals surface area contributed by atoms with Gasteiger partial charge in [-0.05, 0) is 12.1 Å². The maximum atomic E-state index is 12.4. The zero-order valence-corrected chi connectivity index (χ0v) is 6.84. The number of hydrogen-bond donors (Lipinski definition) is 0. The lowest BCUT2D eigenvalue weighted by Crippen LogP contribution is -2.06. The second kappa shape index (κ2) is 2.94. The predicted molar refractivity (Wildman–Crippen MR) is 43.4 cm³/mol. The second-order valence-electron chi connectivity index (χ2n) is 2.67. The molecule has 2 rings (SSSR count). The minimum Gasteiger partial charge on any atom is -0.252 e. The van der Waals surface area contributed by atoms with Crippen LogP contribution < -0.4 is 0 Å². The Bertz CT molecular complexity index is 460. The lowest BCUT2D eigenvalue weighted by Gasteiger charge is -2.07. The zero-order valence-electron chi connectivity index (χ0n) is 6.84. The number of aromatic nitrogens is 2. The van der Waals surface area contributed by atoms with Gasteiger partial charge in [0.1, 0.15) is 11.7 Å². The van der Waals surface area contributed by atoms with Crippen molar-refractivity contribution in [3.63, 3.8) is 0 Å². The first-order valence-electron chi connectivity index (χ1n) is 3.78. The lowest BCUT2D eigenvalue weighted by molar-refractivity contribution is -0.136. The molecular formula is C9H4F3N2. The van der Waals surface area contributed by atoms with Gasteiger partial charge in [-0.25, -0.2) is 4.98 Å². The standard InChI is InChI=1S/C9H4F3N2/c10-9(11,12)6-2-1-3-7-8(6)14-5-4-13-7/h1-3,5H. The molecule has 71 valence electrons. The molecule has 0 N–H and O–H groups in total. The predicted octanol–water partition coefficient (Wildman–Crippen LogP) is 2.45. The summed E-state index contributed by atoms with van der Waals surface area (Å²) in [6.07, 6.45) is -0.885. The van der Waals surface area contributed by atoms with Crippen LogP contribution in [0.25, 0.3) is 11.0 Å². The fourth-order valence-electron chi connectivity index (χ4n) is 1.18. The largest absolute Gasteiger partial charge is 0.418 e. The van der Waals surface area contributed by atoms with E-state index in [1.54, 1.807) is 0 Å². The van der Waals surface area contributed by atoms with Crippen molar-refractivity contribution in [2.75, 3.05) is 0 Å². The van der Waals surface area contributed by atoms with Crippen LogP contribution in [0.4, 0.5) is 13.2 Å². The number of fused-ring (bicyclic) bond motifs is 1. The number of hydrogen-bond acceptors (Lipinski definition) is 2. The van der Waals surface area contributed by atoms with E-state index < -0.39 is 11.7 Å². The molecule has 14 heavy (non-hydrogen) atoms. The number of rotatable bonds is 0. The Morgan fingerprint density at radius 1 is 1.21 bits per heavy atom. The van der Waals surface area contributed by atoms with Gasteiger partial charge >= 0.3 is 6.18 Å². The van der Waals surface area contributed by atoms with Crippen LogP contribution in [0.3, 0.4) is 0 Å². The highest BCUT2D eigenvalue weighted by Gasteiger charge is 2.33. The molecule has 1 aromatic heterocycles. The van der Waals surface area contributed by atoms with Gasteiger partial charge < -0.3 is 0 Å². The van der Waals surface area contributed by atoms with Crippen molar-refractivity contribution in [1.82, 2.24) is 9.97 Å². The number of halogens is 3. The molecule has 0 saturated heterocycles. The van der Waals surface area contributed by atoms with Crippen LogP contribution in [-0.4, -0.2) is 9.97 Å². The van der Waals surface area contributed by atoms with E-state index in [-0.39, 0.29) is 11.0 Å². The van der Waals surface area contributed by atoms with Gasteiger partial charge in [0.25, 0.3) is 0 Å². The molecule has 0 aliphatic heterocycles. The van der Waals surface area contributed by atoms with Crippen LogP contribution in [0.15, 0.2) is 24.4 Å². The summed E-state index contributed by atoms with van der Waals surface area (Å²) >= 11 is 0. The Balaban J connectivity index is 2.78. The first kappa shape index (κ1) is 8.93. The van der Waals surface area contributed by atoms with Crippen LogP contribution in [0, 0.1) is 6.20 Å². The third-order valence-corrected chi connectivity index (χ3v) is 1.76. The molecule has 0 saturated carbocycles. The molecule has 0 amide bonds. The second-order valence-corrected chi connectivity index (χ2v) is 2.67. The topological polar surface area (TPSA) is 25.8 Å². The van der Waals surface area contributed by atoms with Gasteiger partial charge in [-0.15, -0.1) is 0 Å². The van der Waals surface area contributed by atoms with Gasteiger partial charge in [0.05, 0.1) is 17.3 Å². The van der Waals surface area contributed by atoms with E-state index in [1.165, 1.54) is 12.1 Å². The van der Waals surface area contributed by atoms with Crippen molar-refractivity contribution >= 4 is 11.0 Å². The highest BCUT2D eigenvalue weighted by Crippen LogP contribution is 2.32. The van der Waals surface area contributed by atoms with Crippen LogP contribution >= 0.6 is 0 Å². The Morgan fingerprint density at radius 3 is 2.71 bits per heavy atom. The quantitative estimate of drug-likeness (QED) is 0.648. The summed E-state index contributed by atoms with van der Waals surface area (Å²) in [5, 5.41) is 0. The van der Waals surface area contributed by atoms with E-state index in [2.05, 4.69) is 16.2 Å². The van der Waals surface area contributed by atoms with Gasteiger partial charge in [-0.2, -0.15) is 13.2 Å². The van der Waals surface area contributed by atoms with Gasteiger partial charge in [-0.1, -0.05) is 6.07 Å². The van der Waals surface area contributed by atoms with Crippen molar-refractivity contribution in [1.29, 1.82) is 0 Å². The normalized spacial score (nSPS) is 11.9. The van der Waals surface area contributed by atoms with Crippen molar-refractivity contribution in [3.05, 3.63) is 36.2 Å². The number of alkyl halides is 3. The molecule has 2 aromatic rings. The molecule has 0 spiro atoms. The molecule has 0 fully saturated rings. The van der Waals surface area contributed by atoms with Gasteiger partial charge in [0.15, 0.2) is 0 Å². The van der Waals surface area contributed by atoms with Crippen LogP contribution in [-0.2, 0) is 6.18 Å². The average Bonchev–Trinajstić information content (AvgIpc) is 2.15. The van der Waals surface area contributed by atoms with E-state index >= 15 is 0 Å². The Kier molecular flexibility index (Phi) is 1.87. The van der Waals surface area contributed by atoms with E-state index in [9.17, 15) is 13.2 Å². The Hall–Kier alpha value is -1.65. The maximum absolute atomic E-state index is 12.4. The number of para-hydroxylation sites is 1. The van der Waals surface area contributed by atoms with E-state index in [1.807, 2.05) is 0 Å². The highest BCUT2D eigenvalue weighted by molar-refractivity contribution is 5.77. The van der Waals surface area contributed by atoms with Crippen molar-refractivity contribution in [2.24, 2.45) is 0 Å². The Labute approximate surface area is 77.4 Å². The Morgan fingerprint density at radius 2 is 2.00 bits per heavy atom. The molecule has 2 nitrogen and oxygen atoms in total. The summed E-state index contributed by atoms with van der Waals surface area (Å²) in [5.41, 5.74) is -0.711. The summed E-state index contributed by atoms with van der Waals surface area (Å²) < 4.78 is 37.3. The van der Waals surface area contributed by atoms with Gasteiger partial charge in [-0.3, -0.25) is 4.98 Å². The summed E-state index contributed by atoms with van der Waals surface area (Å²) in [6, 6.07) is 3.75. The lowest BCUT2D eigenvalue weighted by atomic mass is 10.1. The van der Waals surface area contributed by atoms with E-state index in [4.69, 9.17) is 0 Å². The summed E-state index contributed by atoms with van der Waals surface area (Å²) in [7, 11) is 0. The molecule has 0 unspecified atom stereocenters. The summed E-state index contributed by atoms with van der Waals surface area (Å²) in [6.45, 7) is 0. The van der Waals surface area contributed by atoms with Crippen molar-refractivity contribution < 1.29 is 13.2 Å². The summed E-state index contributed by atoms with van der Waals surface area (Å²) in [5.74, 6) is 0. The average molecular weight is 197 g/mol. The number of benzene rings is 1. The first-order valence-corrected chi connectivity index (χ1v) is 3.78. The highest BCUT2D eigenvalue weighted by atomic mass is 19.4. The monoisotopic (exact) mass is 197 g/mol. The fourth-order valence-corrected chi connectivity index (χ4v) is 1.18. The fraction of sp³-hybridized carbons (Fsp3) is 0.111. The van der Waals surface area contributed by atoms with E-state index in [0.29, 0.717) is 0 Å². The molecule has 1 aromatic carbocycles. The molecule has 1 heterocycles. The third kappa shape index (κ3) is 1.41. The van der Waals surface area contributed by atoms with E-state index in [0.717, 1.165) is 12.3 Å². The minimum atomic E-state index is -4.39. The third-order valence-electron chi connectivity index (χ3n) is 1.76. The maximum Gasteiger partial charge on any atom is 0.418 e. The smallest absolute Gasteiger partial charge is 0.252 e. The van der Waals surface area contributed by atoms with Crippen molar-refractivity contribution in [3.8, 4) is 0 Å². The molecule has 0 atom stereocenters. The molecule has 0 aliphatic rings. The molecular weight excluding hydrogens is 193 g/mol. The van der Waals surface area contributed by atoms with Crippen LogP contribution in [0.2, 0.25) is 0 Å². The van der Waals surface area contributed by atoms with Gasteiger partial charge in [0.2, 0.25) is 0 Å². The van der Waals surface area contributed by atoms with Crippen LogP contribution in [0.5, 0.6) is 0 Å².